The number of hydrogen-bond acceptors (Lipinski definition) is 6. The number of esters is 3. The van der Waals surface area contributed by atoms with Gasteiger partial charge in [0.05, 0.1) is 0 Å². The molecule has 0 heterocycles. The van der Waals surface area contributed by atoms with Crippen LogP contribution in [0.4, 0.5) is 0 Å². The van der Waals surface area contributed by atoms with Gasteiger partial charge in [-0.2, -0.15) is 0 Å². The van der Waals surface area contributed by atoms with Crippen LogP contribution in [0, 0.1) is 0 Å². The molecule has 1 atom stereocenters. The van der Waals surface area contributed by atoms with Crippen molar-refractivity contribution in [1.29, 1.82) is 0 Å². The molecule has 0 aromatic rings. The molecule has 0 amide bonds. The minimum absolute atomic E-state index is 0.0735. The number of carbonyl (C=O) groups excluding carboxylic acids is 3. The molecule has 82 heavy (non-hydrogen) atoms. The van der Waals surface area contributed by atoms with Crippen molar-refractivity contribution in [3.05, 3.63) is 72.9 Å². The Labute approximate surface area is 510 Å². The Kier molecular flexibility index (Phi) is 67.6. The van der Waals surface area contributed by atoms with Gasteiger partial charge in [0.2, 0.25) is 0 Å². The van der Waals surface area contributed by atoms with Crippen molar-refractivity contribution in [2.75, 3.05) is 13.2 Å². The van der Waals surface area contributed by atoms with E-state index in [0.717, 1.165) is 96.3 Å². The standard InChI is InChI=1S/C76H136O6/c1-4-7-10-13-16-19-22-24-26-28-30-31-32-33-34-35-36-37-38-39-40-41-42-43-44-45-47-48-50-52-54-57-60-63-66-69-75(78)81-72-73(71-80-74(77)68-65-62-59-56-21-18-15-12-9-6-3)82-76(79)70-67-64-61-58-55-53-51-49-46-29-27-25-23-20-17-14-11-8-5-2/h7,10,12,15-16,19,24-27,30-31,73H,4-6,8-9,11,13-14,17-18,20-23,28-29,32-72H2,1-3H3/b10-7-,15-12-,19-16-,26-24-,27-25-,31-30-. The zero-order chi connectivity index (χ0) is 59.2. The SMILES string of the molecule is CC/C=C\C/C=C\C/C=C\C/C=C\CCCCCCCCCCCCCCCCCCCCCCCCC(=O)OCC(COC(=O)CCCCCCC/C=C\CCC)OC(=O)CCCCCCCCCCC/C=C\CCCCCCCC. The molecule has 6 heteroatoms. The smallest absolute Gasteiger partial charge is 0.306 e. The summed E-state index contributed by atoms with van der Waals surface area (Å²) >= 11 is 0. The van der Waals surface area contributed by atoms with Gasteiger partial charge in [0.1, 0.15) is 13.2 Å². The number of rotatable bonds is 66. The highest BCUT2D eigenvalue weighted by Gasteiger charge is 2.19. The van der Waals surface area contributed by atoms with Crippen LogP contribution in [0.1, 0.15) is 374 Å². The third-order valence-corrected chi connectivity index (χ3v) is 15.9. The lowest BCUT2D eigenvalue weighted by Crippen LogP contribution is -2.30. The molecule has 0 aliphatic rings. The molecule has 0 saturated carbocycles. The van der Waals surface area contributed by atoms with Crippen LogP contribution in [0.3, 0.4) is 0 Å². The topological polar surface area (TPSA) is 78.9 Å². The van der Waals surface area contributed by atoms with Gasteiger partial charge in [-0.3, -0.25) is 14.4 Å². The van der Waals surface area contributed by atoms with Crippen LogP contribution in [-0.2, 0) is 28.6 Å². The van der Waals surface area contributed by atoms with Gasteiger partial charge in [-0.25, -0.2) is 0 Å². The molecular formula is C76H136O6. The largest absolute Gasteiger partial charge is 0.462 e. The van der Waals surface area contributed by atoms with Gasteiger partial charge in [0.15, 0.2) is 6.10 Å². The lowest BCUT2D eigenvalue weighted by Gasteiger charge is -2.18. The lowest BCUT2D eigenvalue weighted by atomic mass is 10.0. The van der Waals surface area contributed by atoms with E-state index in [-0.39, 0.29) is 31.1 Å². The molecule has 0 rings (SSSR count). The zero-order valence-electron chi connectivity index (χ0n) is 54.8. The minimum atomic E-state index is -0.777. The Morgan fingerprint density at radius 3 is 0.805 bits per heavy atom. The number of ether oxygens (including phenoxy) is 3. The third-order valence-electron chi connectivity index (χ3n) is 15.9. The minimum Gasteiger partial charge on any atom is -0.462 e. The molecule has 0 aliphatic heterocycles. The molecule has 0 N–H and O–H groups in total. The average Bonchev–Trinajstić information content (AvgIpc) is 3.48. The summed E-state index contributed by atoms with van der Waals surface area (Å²) in [6, 6.07) is 0. The first-order chi connectivity index (χ1) is 40.5. The summed E-state index contributed by atoms with van der Waals surface area (Å²) in [4.78, 5) is 38.3. The Bertz CT molecular complexity index is 1500. The maximum atomic E-state index is 12.9. The second-order valence-corrected chi connectivity index (χ2v) is 24.1. The van der Waals surface area contributed by atoms with Crippen molar-refractivity contribution >= 4 is 17.9 Å². The fourth-order valence-electron chi connectivity index (χ4n) is 10.6. The van der Waals surface area contributed by atoms with Crippen LogP contribution in [0.5, 0.6) is 0 Å². The number of carbonyl (C=O) groups is 3. The average molecular weight is 1150 g/mol. The highest BCUT2D eigenvalue weighted by molar-refractivity contribution is 5.71. The number of hydrogen-bond donors (Lipinski definition) is 0. The molecule has 0 fully saturated rings. The first kappa shape index (κ1) is 78.8. The van der Waals surface area contributed by atoms with E-state index in [9.17, 15) is 14.4 Å². The summed E-state index contributed by atoms with van der Waals surface area (Å²) in [5.41, 5.74) is 0. The van der Waals surface area contributed by atoms with E-state index in [1.165, 1.54) is 238 Å². The Hall–Kier alpha value is -3.15. The van der Waals surface area contributed by atoms with Crippen molar-refractivity contribution in [2.24, 2.45) is 0 Å². The molecule has 0 saturated heterocycles. The maximum absolute atomic E-state index is 12.9. The molecule has 1 unspecified atom stereocenters. The monoisotopic (exact) mass is 1150 g/mol. The van der Waals surface area contributed by atoms with Crippen molar-refractivity contribution in [3.63, 3.8) is 0 Å². The Morgan fingerprint density at radius 2 is 0.500 bits per heavy atom. The molecule has 0 aromatic heterocycles. The first-order valence-corrected chi connectivity index (χ1v) is 35.9. The van der Waals surface area contributed by atoms with E-state index < -0.39 is 6.10 Å². The fraction of sp³-hybridized carbons (Fsp3) is 0.803. The predicted molar refractivity (Wildman–Crippen MR) is 358 cm³/mol. The van der Waals surface area contributed by atoms with Gasteiger partial charge in [-0.15, -0.1) is 0 Å². The second kappa shape index (κ2) is 70.3. The maximum Gasteiger partial charge on any atom is 0.306 e. The summed E-state index contributed by atoms with van der Waals surface area (Å²) in [5.74, 6) is -0.866. The molecule has 0 aromatic carbocycles. The van der Waals surface area contributed by atoms with E-state index in [1.54, 1.807) is 0 Å². The van der Waals surface area contributed by atoms with Gasteiger partial charge in [-0.05, 0) is 103 Å². The highest BCUT2D eigenvalue weighted by Crippen LogP contribution is 2.18. The quantitative estimate of drug-likeness (QED) is 0.0261. The highest BCUT2D eigenvalue weighted by atomic mass is 16.6. The molecule has 0 spiro atoms. The van der Waals surface area contributed by atoms with Crippen molar-refractivity contribution in [1.82, 2.24) is 0 Å². The molecule has 6 nitrogen and oxygen atoms in total. The normalized spacial score (nSPS) is 12.5. The summed E-state index contributed by atoms with van der Waals surface area (Å²) in [7, 11) is 0. The number of allylic oxidation sites excluding steroid dienone is 12. The van der Waals surface area contributed by atoms with Crippen molar-refractivity contribution in [2.45, 2.75) is 380 Å². The summed E-state index contributed by atoms with van der Waals surface area (Å²) in [5, 5.41) is 0. The fourth-order valence-corrected chi connectivity index (χ4v) is 10.6. The molecule has 476 valence electrons. The van der Waals surface area contributed by atoms with E-state index in [4.69, 9.17) is 14.2 Å². The first-order valence-electron chi connectivity index (χ1n) is 35.9. The van der Waals surface area contributed by atoms with Gasteiger partial charge in [0.25, 0.3) is 0 Å². The van der Waals surface area contributed by atoms with Crippen LogP contribution in [0.15, 0.2) is 72.9 Å². The van der Waals surface area contributed by atoms with E-state index in [1.807, 2.05) is 0 Å². The van der Waals surface area contributed by atoms with Crippen LogP contribution < -0.4 is 0 Å². The molecular weight excluding hydrogens is 1010 g/mol. The lowest BCUT2D eigenvalue weighted by molar-refractivity contribution is -0.167. The van der Waals surface area contributed by atoms with Crippen LogP contribution in [0.2, 0.25) is 0 Å². The molecule has 0 aliphatic carbocycles. The molecule has 0 bridgehead atoms. The Morgan fingerprint density at radius 1 is 0.256 bits per heavy atom. The van der Waals surface area contributed by atoms with Crippen LogP contribution in [0.25, 0.3) is 0 Å². The molecule has 0 radical (unpaired) electrons. The zero-order valence-corrected chi connectivity index (χ0v) is 54.8. The predicted octanol–water partition coefficient (Wildman–Crippen LogP) is 24.8. The number of unbranched alkanes of at least 4 members (excludes halogenated alkanes) is 43. The van der Waals surface area contributed by atoms with Gasteiger partial charge < -0.3 is 14.2 Å². The summed E-state index contributed by atoms with van der Waals surface area (Å²) in [6.07, 6.45) is 92.5. The Balaban J connectivity index is 4.05. The second-order valence-electron chi connectivity index (χ2n) is 24.1. The summed E-state index contributed by atoms with van der Waals surface area (Å²) < 4.78 is 16.9. The van der Waals surface area contributed by atoms with Crippen molar-refractivity contribution < 1.29 is 28.6 Å². The van der Waals surface area contributed by atoms with Crippen LogP contribution in [-0.4, -0.2) is 37.2 Å². The van der Waals surface area contributed by atoms with E-state index in [2.05, 4.69) is 93.7 Å². The van der Waals surface area contributed by atoms with Crippen LogP contribution >= 0.6 is 0 Å². The van der Waals surface area contributed by atoms with Gasteiger partial charge in [-0.1, -0.05) is 325 Å². The van der Waals surface area contributed by atoms with E-state index >= 15 is 0 Å². The van der Waals surface area contributed by atoms with Gasteiger partial charge in [0, 0.05) is 19.3 Å². The third kappa shape index (κ3) is 67.6. The van der Waals surface area contributed by atoms with Gasteiger partial charge >= 0.3 is 17.9 Å². The summed E-state index contributed by atoms with van der Waals surface area (Å²) in [6.45, 7) is 6.50. The van der Waals surface area contributed by atoms with E-state index in [0.29, 0.717) is 19.3 Å². The van der Waals surface area contributed by atoms with Crippen molar-refractivity contribution in [3.8, 4) is 0 Å².